The Balaban J connectivity index is 1.97. The van der Waals surface area contributed by atoms with Gasteiger partial charge in [-0.3, -0.25) is 14.4 Å². The minimum atomic E-state index is -4.46. The van der Waals surface area contributed by atoms with Crippen molar-refractivity contribution in [1.82, 2.24) is 10.4 Å². The Hall–Kier alpha value is -1.31. The smallest absolute Gasteiger partial charge is 0.344 e. The van der Waals surface area contributed by atoms with Crippen molar-refractivity contribution in [3.8, 4) is 0 Å². The van der Waals surface area contributed by atoms with Crippen molar-refractivity contribution in [3.63, 3.8) is 0 Å². The largest absolute Gasteiger partial charge is 0.408 e. The molecule has 0 unspecified atom stereocenters. The molecule has 102 valence electrons. The molecular weight excluding hydrogens is 253 g/mol. The number of amides is 2. The fourth-order valence-electron chi connectivity index (χ4n) is 2.09. The zero-order valence-corrected chi connectivity index (χ0v) is 9.50. The topological polar surface area (TPSA) is 58.6 Å². The van der Waals surface area contributed by atoms with Gasteiger partial charge in [-0.25, -0.2) is 5.06 Å². The van der Waals surface area contributed by atoms with Crippen LogP contribution in [0.2, 0.25) is 0 Å². The fraction of sp³-hybridized carbons (Fsp3) is 0.800. The number of nitrogens with zero attached hydrogens (tertiary/aromatic N) is 1. The molecule has 0 aromatic carbocycles. The van der Waals surface area contributed by atoms with Gasteiger partial charge in [-0.15, -0.1) is 0 Å². The second-order valence-electron chi connectivity index (χ2n) is 4.36. The molecule has 0 aromatic rings. The van der Waals surface area contributed by atoms with E-state index in [9.17, 15) is 22.8 Å². The van der Waals surface area contributed by atoms with Crippen molar-refractivity contribution in [1.29, 1.82) is 0 Å². The number of piperidine rings is 1. The second-order valence-corrected chi connectivity index (χ2v) is 4.36. The monoisotopic (exact) mass is 266 g/mol. The minimum Gasteiger partial charge on any atom is -0.344 e. The quantitative estimate of drug-likeness (QED) is 0.707. The van der Waals surface area contributed by atoms with E-state index >= 15 is 0 Å². The van der Waals surface area contributed by atoms with E-state index in [-0.39, 0.29) is 12.8 Å². The highest BCUT2D eigenvalue weighted by Gasteiger charge is 2.46. The summed E-state index contributed by atoms with van der Waals surface area (Å²) < 4.78 is 37.2. The molecule has 0 saturated carbocycles. The third-order valence-corrected chi connectivity index (χ3v) is 3.07. The molecule has 18 heavy (non-hydrogen) atoms. The van der Waals surface area contributed by atoms with Gasteiger partial charge in [0.25, 0.3) is 5.91 Å². The third kappa shape index (κ3) is 2.58. The molecule has 2 aliphatic heterocycles. The lowest BCUT2D eigenvalue weighted by molar-refractivity contribution is -0.184. The van der Waals surface area contributed by atoms with E-state index < -0.39 is 30.0 Å². The normalized spacial score (nSPS) is 29.3. The second kappa shape index (κ2) is 4.75. The summed E-state index contributed by atoms with van der Waals surface area (Å²) in [6.07, 6.45) is -4.17. The maximum Gasteiger partial charge on any atom is 0.408 e. The lowest BCUT2D eigenvalue weighted by atomic mass is 9.92. The van der Waals surface area contributed by atoms with Crippen LogP contribution in [0.1, 0.15) is 19.3 Å². The first-order valence-corrected chi connectivity index (χ1v) is 5.71. The number of carbonyl (C=O) groups excluding carboxylic acids is 2. The summed E-state index contributed by atoms with van der Waals surface area (Å²) in [7, 11) is 0. The van der Waals surface area contributed by atoms with Crippen molar-refractivity contribution in [2.24, 2.45) is 5.92 Å². The van der Waals surface area contributed by atoms with Gasteiger partial charge >= 0.3 is 6.18 Å². The zero-order chi connectivity index (χ0) is 13.3. The van der Waals surface area contributed by atoms with Crippen LogP contribution < -0.4 is 5.32 Å². The highest BCUT2D eigenvalue weighted by molar-refractivity contribution is 6.00. The SMILES string of the molecule is O=C1N[C@@H](C(F)(F)F)CC[C@H]1C(=O)N1CCCO1. The number of alkyl halides is 3. The summed E-state index contributed by atoms with van der Waals surface area (Å²) in [5, 5.41) is 2.91. The van der Waals surface area contributed by atoms with Gasteiger partial charge < -0.3 is 5.32 Å². The maximum atomic E-state index is 12.4. The van der Waals surface area contributed by atoms with E-state index in [0.29, 0.717) is 19.6 Å². The molecule has 8 heteroatoms. The van der Waals surface area contributed by atoms with Gasteiger partial charge in [0, 0.05) is 0 Å². The van der Waals surface area contributed by atoms with Crippen molar-refractivity contribution in [2.75, 3.05) is 13.2 Å². The van der Waals surface area contributed by atoms with Gasteiger partial charge in [-0.1, -0.05) is 0 Å². The summed E-state index contributed by atoms with van der Waals surface area (Å²) in [5.41, 5.74) is 0. The number of carbonyl (C=O) groups is 2. The number of hydrogen-bond donors (Lipinski definition) is 1. The Morgan fingerprint density at radius 2 is 2.11 bits per heavy atom. The van der Waals surface area contributed by atoms with Crippen molar-refractivity contribution < 1.29 is 27.6 Å². The van der Waals surface area contributed by atoms with Gasteiger partial charge in [-0.2, -0.15) is 13.2 Å². The Morgan fingerprint density at radius 1 is 1.39 bits per heavy atom. The van der Waals surface area contributed by atoms with Gasteiger partial charge in [-0.05, 0) is 19.3 Å². The summed E-state index contributed by atoms with van der Waals surface area (Å²) in [6, 6.07) is -1.85. The first-order chi connectivity index (χ1) is 8.39. The van der Waals surface area contributed by atoms with Crippen LogP contribution in [0.3, 0.4) is 0 Å². The van der Waals surface area contributed by atoms with Crippen molar-refractivity contribution in [3.05, 3.63) is 0 Å². The standard InChI is InChI=1S/C10H13F3N2O3/c11-10(12,13)7-3-2-6(8(16)14-7)9(17)15-4-1-5-18-15/h6-7H,1-5H2,(H,14,16)/t6-,7-/m1/s1. The van der Waals surface area contributed by atoms with E-state index in [2.05, 4.69) is 0 Å². The van der Waals surface area contributed by atoms with Crippen LogP contribution in [0.4, 0.5) is 13.2 Å². The molecule has 5 nitrogen and oxygen atoms in total. The molecule has 0 spiro atoms. The lowest BCUT2D eigenvalue weighted by Crippen LogP contribution is -2.54. The number of rotatable bonds is 1. The van der Waals surface area contributed by atoms with Crippen LogP contribution >= 0.6 is 0 Å². The summed E-state index contributed by atoms with van der Waals surface area (Å²) in [4.78, 5) is 28.4. The molecule has 0 aliphatic carbocycles. The van der Waals surface area contributed by atoms with Crippen LogP contribution in [0.5, 0.6) is 0 Å². The minimum absolute atomic E-state index is 0.102. The van der Waals surface area contributed by atoms with E-state index in [1.165, 1.54) is 0 Å². The van der Waals surface area contributed by atoms with E-state index in [1.54, 1.807) is 0 Å². The number of hydroxylamine groups is 2. The van der Waals surface area contributed by atoms with Gasteiger partial charge in [0.05, 0.1) is 13.2 Å². The highest BCUT2D eigenvalue weighted by atomic mass is 19.4. The molecule has 0 bridgehead atoms. The lowest BCUT2D eigenvalue weighted by Gasteiger charge is -2.31. The summed E-state index contributed by atoms with van der Waals surface area (Å²) in [6.45, 7) is 0.774. The summed E-state index contributed by atoms with van der Waals surface area (Å²) in [5.74, 6) is -2.49. The van der Waals surface area contributed by atoms with Gasteiger partial charge in [0.15, 0.2) is 0 Å². The van der Waals surface area contributed by atoms with Crippen LogP contribution in [0, 0.1) is 5.92 Å². The zero-order valence-electron chi connectivity index (χ0n) is 9.50. The Labute approximate surface area is 101 Å². The highest BCUT2D eigenvalue weighted by Crippen LogP contribution is 2.29. The molecule has 2 fully saturated rings. The van der Waals surface area contributed by atoms with Crippen molar-refractivity contribution >= 4 is 11.8 Å². The number of halogens is 3. The van der Waals surface area contributed by atoms with Gasteiger partial charge in [0.2, 0.25) is 5.91 Å². The molecule has 2 atom stereocenters. The molecule has 0 radical (unpaired) electrons. The molecule has 2 heterocycles. The molecule has 2 aliphatic rings. The Kier molecular flexibility index (Phi) is 3.47. The Bertz CT molecular complexity index is 353. The van der Waals surface area contributed by atoms with Crippen LogP contribution in [0.25, 0.3) is 0 Å². The predicted molar refractivity (Wildman–Crippen MR) is 53.0 cm³/mol. The average Bonchev–Trinajstić information content (AvgIpc) is 2.80. The van der Waals surface area contributed by atoms with E-state index in [1.807, 2.05) is 5.32 Å². The predicted octanol–water partition coefficient (Wildman–Crippen LogP) is 0.607. The molecule has 1 N–H and O–H groups in total. The Morgan fingerprint density at radius 3 is 2.61 bits per heavy atom. The summed E-state index contributed by atoms with van der Waals surface area (Å²) >= 11 is 0. The first kappa shape index (κ1) is 13.1. The molecule has 2 rings (SSSR count). The third-order valence-electron chi connectivity index (χ3n) is 3.07. The van der Waals surface area contributed by atoms with Gasteiger partial charge in [0.1, 0.15) is 12.0 Å². The van der Waals surface area contributed by atoms with Crippen molar-refractivity contribution in [2.45, 2.75) is 31.5 Å². The van der Waals surface area contributed by atoms with Crippen LogP contribution in [-0.2, 0) is 14.4 Å². The molecule has 2 saturated heterocycles. The maximum absolute atomic E-state index is 12.4. The molecule has 0 aromatic heterocycles. The molecule has 2 amide bonds. The number of nitrogens with one attached hydrogen (secondary N) is 1. The van der Waals surface area contributed by atoms with E-state index in [4.69, 9.17) is 4.84 Å². The average molecular weight is 266 g/mol. The van der Waals surface area contributed by atoms with Crippen LogP contribution in [0.15, 0.2) is 0 Å². The van der Waals surface area contributed by atoms with Crippen LogP contribution in [-0.4, -0.2) is 42.2 Å². The fourth-order valence-corrected chi connectivity index (χ4v) is 2.09. The number of hydrogen-bond acceptors (Lipinski definition) is 3. The molecular formula is C10H13F3N2O3. The first-order valence-electron chi connectivity index (χ1n) is 5.71. The van der Waals surface area contributed by atoms with E-state index in [0.717, 1.165) is 5.06 Å².